The third-order valence-electron chi connectivity index (χ3n) is 4.77. The molecular weight excluding hydrogens is 318 g/mol. The van der Waals surface area contributed by atoms with E-state index in [1.807, 2.05) is 13.8 Å². The van der Waals surface area contributed by atoms with Crippen LogP contribution >= 0.6 is 0 Å². The lowest BCUT2D eigenvalue weighted by Crippen LogP contribution is -2.57. The second-order valence-corrected chi connectivity index (χ2v) is 8.39. The molecule has 1 aliphatic rings. The molecule has 2 rings (SSSR count). The summed E-state index contributed by atoms with van der Waals surface area (Å²) in [5.74, 6) is -0.116. The molecule has 0 N–H and O–H groups in total. The molecule has 1 aromatic heterocycles. The van der Waals surface area contributed by atoms with Crippen LogP contribution in [0.2, 0.25) is 0 Å². The number of hydrogen-bond acceptors (Lipinski definition) is 5. The van der Waals surface area contributed by atoms with Crippen LogP contribution in [0.15, 0.2) is 23.4 Å². The highest BCUT2D eigenvalue weighted by atomic mass is 32.2. The Hall–Kier alpha value is -1.70. The molecule has 0 aliphatic carbocycles. The summed E-state index contributed by atoms with van der Waals surface area (Å²) in [5.41, 5.74) is -0.203. The van der Waals surface area contributed by atoms with E-state index >= 15 is 0 Å². The largest absolute Gasteiger partial charge is 0.340 e. The SMILES string of the molecule is CCC1(CC)CN(C(=O)CCn2cnccc2=O)CCS1(=O)=O. The predicted octanol–water partition coefficient (Wildman–Crippen LogP) is 0.449. The second-order valence-electron chi connectivity index (χ2n) is 5.89. The van der Waals surface area contributed by atoms with Crippen molar-refractivity contribution in [3.63, 3.8) is 0 Å². The lowest BCUT2D eigenvalue weighted by molar-refractivity contribution is -0.131. The van der Waals surface area contributed by atoms with Gasteiger partial charge >= 0.3 is 0 Å². The molecule has 0 aromatic carbocycles. The van der Waals surface area contributed by atoms with Crippen LogP contribution in [0.5, 0.6) is 0 Å². The summed E-state index contributed by atoms with van der Waals surface area (Å²) in [6.45, 7) is 4.42. The zero-order valence-electron chi connectivity index (χ0n) is 13.6. The molecule has 1 saturated heterocycles. The average Bonchev–Trinajstić information content (AvgIpc) is 2.54. The van der Waals surface area contributed by atoms with Crippen molar-refractivity contribution in [2.75, 3.05) is 18.8 Å². The maximum Gasteiger partial charge on any atom is 0.253 e. The predicted molar refractivity (Wildman–Crippen MR) is 86.8 cm³/mol. The number of amides is 1. The van der Waals surface area contributed by atoms with Crippen LogP contribution in [-0.4, -0.2) is 52.4 Å². The fourth-order valence-electron chi connectivity index (χ4n) is 3.02. The molecule has 0 spiro atoms. The van der Waals surface area contributed by atoms with Gasteiger partial charge in [0.15, 0.2) is 9.84 Å². The summed E-state index contributed by atoms with van der Waals surface area (Å²) in [7, 11) is -3.18. The van der Waals surface area contributed by atoms with Crippen LogP contribution in [0, 0.1) is 0 Å². The molecular formula is C15H23N3O4S. The van der Waals surface area contributed by atoms with Crippen LogP contribution in [0.25, 0.3) is 0 Å². The number of nitrogens with zero attached hydrogens (tertiary/aromatic N) is 3. The minimum Gasteiger partial charge on any atom is -0.340 e. The van der Waals surface area contributed by atoms with Gasteiger partial charge < -0.3 is 4.90 Å². The summed E-state index contributed by atoms with van der Waals surface area (Å²) in [5, 5.41) is 0. The third-order valence-corrected chi connectivity index (χ3v) is 7.51. The smallest absolute Gasteiger partial charge is 0.253 e. The summed E-state index contributed by atoms with van der Waals surface area (Å²) < 4.78 is 25.3. The maximum absolute atomic E-state index is 12.4. The van der Waals surface area contributed by atoms with Gasteiger partial charge in [-0.3, -0.25) is 14.2 Å². The van der Waals surface area contributed by atoms with Gasteiger partial charge in [-0.1, -0.05) is 13.8 Å². The van der Waals surface area contributed by atoms with Crippen molar-refractivity contribution >= 4 is 15.7 Å². The molecule has 0 atom stereocenters. The van der Waals surface area contributed by atoms with Gasteiger partial charge in [0.25, 0.3) is 5.56 Å². The van der Waals surface area contributed by atoms with E-state index in [9.17, 15) is 18.0 Å². The minimum absolute atomic E-state index is 0.00720. The van der Waals surface area contributed by atoms with Crippen molar-refractivity contribution in [1.82, 2.24) is 14.5 Å². The standard InChI is InChI=1S/C15H23N3O4S/c1-3-15(4-2)11-17(9-10-23(15,21)22)14(20)6-8-18-12-16-7-5-13(18)19/h5,7,12H,3-4,6,8-11H2,1-2H3. The van der Waals surface area contributed by atoms with Crippen molar-refractivity contribution < 1.29 is 13.2 Å². The highest BCUT2D eigenvalue weighted by molar-refractivity contribution is 7.92. The Morgan fingerprint density at radius 2 is 2.04 bits per heavy atom. The topological polar surface area (TPSA) is 89.3 Å². The first-order valence-electron chi connectivity index (χ1n) is 7.86. The highest BCUT2D eigenvalue weighted by Crippen LogP contribution is 2.31. The monoisotopic (exact) mass is 341 g/mol. The van der Waals surface area contributed by atoms with Crippen molar-refractivity contribution in [3.8, 4) is 0 Å². The first-order valence-corrected chi connectivity index (χ1v) is 9.51. The van der Waals surface area contributed by atoms with E-state index in [0.717, 1.165) is 0 Å². The average molecular weight is 341 g/mol. The lowest BCUT2D eigenvalue weighted by atomic mass is 10.0. The molecule has 8 heteroatoms. The highest BCUT2D eigenvalue weighted by Gasteiger charge is 2.46. The van der Waals surface area contributed by atoms with E-state index in [4.69, 9.17) is 0 Å². The quantitative estimate of drug-likeness (QED) is 0.776. The zero-order valence-corrected chi connectivity index (χ0v) is 14.4. The van der Waals surface area contributed by atoms with E-state index in [1.165, 1.54) is 23.2 Å². The summed E-state index contributed by atoms with van der Waals surface area (Å²) >= 11 is 0. The summed E-state index contributed by atoms with van der Waals surface area (Å²) in [4.78, 5) is 29.5. The maximum atomic E-state index is 12.4. The first-order chi connectivity index (χ1) is 10.8. The normalized spacial score (nSPS) is 19.5. The zero-order chi connectivity index (χ0) is 17.1. The Labute approximate surface area is 136 Å². The molecule has 0 unspecified atom stereocenters. The molecule has 0 radical (unpaired) electrons. The van der Waals surface area contributed by atoms with Crippen molar-refractivity contribution in [2.24, 2.45) is 0 Å². The Kier molecular flexibility index (Phi) is 5.23. The van der Waals surface area contributed by atoms with Gasteiger partial charge in [0, 0.05) is 38.3 Å². The van der Waals surface area contributed by atoms with Gasteiger partial charge in [-0.15, -0.1) is 0 Å². The van der Waals surface area contributed by atoms with Gasteiger partial charge in [0.2, 0.25) is 5.91 Å². The van der Waals surface area contributed by atoms with E-state index < -0.39 is 14.6 Å². The van der Waals surface area contributed by atoms with Crippen molar-refractivity contribution in [1.29, 1.82) is 0 Å². The summed E-state index contributed by atoms with van der Waals surface area (Å²) in [6, 6.07) is 1.34. The van der Waals surface area contributed by atoms with Gasteiger partial charge in [-0.2, -0.15) is 0 Å². The van der Waals surface area contributed by atoms with Crippen LogP contribution < -0.4 is 5.56 Å². The first kappa shape index (κ1) is 17.7. The van der Waals surface area contributed by atoms with Gasteiger partial charge in [-0.05, 0) is 12.8 Å². The number of aryl methyl sites for hydroxylation is 1. The van der Waals surface area contributed by atoms with E-state index in [2.05, 4.69) is 4.98 Å². The Balaban J connectivity index is 2.06. The number of sulfone groups is 1. The third kappa shape index (κ3) is 3.46. The molecule has 1 fully saturated rings. The molecule has 7 nitrogen and oxygen atoms in total. The van der Waals surface area contributed by atoms with E-state index in [1.54, 1.807) is 4.90 Å². The fourth-order valence-corrected chi connectivity index (χ4v) is 5.14. The lowest BCUT2D eigenvalue weighted by Gasteiger charge is -2.41. The van der Waals surface area contributed by atoms with Crippen LogP contribution in [-0.2, 0) is 21.2 Å². The van der Waals surface area contributed by atoms with Crippen LogP contribution in [0.4, 0.5) is 0 Å². The van der Waals surface area contributed by atoms with E-state index in [-0.39, 0.29) is 43.3 Å². The summed E-state index contributed by atoms with van der Waals surface area (Å²) in [6.07, 6.45) is 3.97. The number of carbonyl (C=O) groups is 1. The number of hydrogen-bond donors (Lipinski definition) is 0. The molecule has 128 valence electrons. The number of aromatic nitrogens is 2. The van der Waals surface area contributed by atoms with E-state index in [0.29, 0.717) is 12.8 Å². The molecule has 0 saturated carbocycles. The Morgan fingerprint density at radius 1 is 1.35 bits per heavy atom. The minimum atomic E-state index is -3.18. The molecule has 1 amide bonds. The fraction of sp³-hybridized carbons (Fsp3) is 0.667. The molecule has 23 heavy (non-hydrogen) atoms. The van der Waals surface area contributed by atoms with Crippen molar-refractivity contribution in [2.45, 2.75) is 44.4 Å². The van der Waals surface area contributed by atoms with Gasteiger partial charge in [0.1, 0.15) is 0 Å². The number of carbonyl (C=O) groups excluding carboxylic acids is 1. The van der Waals surface area contributed by atoms with Crippen LogP contribution in [0.1, 0.15) is 33.1 Å². The van der Waals surface area contributed by atoms with Crippen molar-refractivity contribution in [3.05, 3.63) is 28.9 Å². The molecule has 2 heterocycles. The molecule has 1 aliphatic heterocycles. The number of rotatable bonds is 5. The van der Waals surface area contributed by atoms with Gasteiger partial charge in [0.05, 0.1) is 16.8 Å². The van der Waals surface area contributed by atoms with Gasteiger partial charge in [-0.25, -0.2) is 13.4 Å². The Morgan fingerprint density at radius 3 is 2.65 bits per heavy atom. The van der Waals surface area contributed by atoms with Crippen LogP contribution in [0.3, 0.4) is 0 Å². The Bertz CT molecular complexity index is 722. The molecule has 0 bridgehead atoms. The molecule has 1 aromatic rings. The second kappa shape index (κ2) is 6.82.